The molecule has 0 radical (unpaired) electrons. The summed E-state index contributed by atoms with van der Waals surface area (Å²) in [6.45, 7) is 6.09. The van der Waals surface area contributed by atoms with Crippen molar-refractivity contribution >= 4 is 28.6 Å². The average Bonchev–Trinajstić information content (AvgIpc) is 2.80. The van der Waals surface area contributed by atoms with Crippen molar-refractivity contribution in [1.29, 1.82) is 0 Å². The van der Waals surface area contributed by atoms with E-state index in [0.717, 1.165) is 37.9 Å². The van der Waals surface area contributed by atoms with E-state index >= 15 is 0 Å². The number of rotatable bonds is 7. The molecule has 3 fully saturated rings. The van der Waals surface area contributed by atoms with E-state index in [4.69, 9.17) is 5.73 Å². The Morgan fingerprint density at radius 2 is 1.91 bits per heavy atom. The Morgan fingerprint density at radius 1 is 1.21 bits per heavy atom. The van der Waals surface area contributed by atoms with Crippen LogP contribution in [0.25, 0.3) is 10.9 Å². The van der Waals surface area contributed by atoms with Crippen LogP contribution in [-0.4, -0.2) is 56.6 Å². The van der Waals surface area contributed by atoms with Crippen molar-refractivity contribution in [3.8, 4) is 0 Å². The van der Waals surface area contributed by atoms with Gasteiger partial charge in [0.05, 0.1) is 12.1 Å². The average molecular weight is 462 g/mol. The molecular weight excluding hydrogens is 430 g/mol. The number of hydrogen-bond acceptors (Lipinski definition) is 7. The third kappa shape index (κ3) is 4.35. The fraction of sp³-hybridized carbons (Fsp3) is 0.440. The van der Waals surface area contributed by atoms with Crippen LogP contribution < -0.4 is 21.9 Å². The van der Waals surface area contributed by atoms with Crippen molar-refractivity contribution in [3.05, 3.63) is 58.0 Å². The molecule has 178 valence electrons. The normalized spacial score (nSPS) is 20.1. The van der Waals surface area contributed by atoms with Crippen LogP contribution in [0.5, 0.6) is 0 Å². The highest BCUT2D eigenvalue weighted by Gasteiger charge is 2.38. The summed E-state index contributed by atoms with van der Waals surface area (Å²) in [5.74, 6) is 0.674. The van der Waals surface area contributed by atoms with Crippen LogP contribution in [0, 0.1) is 0 Å². The van der Waals surface area contributed by atoms with Crippen LogP contribution in [0.3, 0.4) is 0 Å². The van der Waals surface area contributed by atoms with Crippen LogP contribution in [0.15, 0.2) is 41.3 Å². The van der Waals surface area contributed by atoms with E-state index in [1.165, 1.54) is 0 Å². The highest BCUT2D eigenvalue weighted by molar-refractivity contribution is 5.94. The van der Waals surface area contributed by atoms with Gasteiger partial charge in [0, 0.05) is 43.0 Å². The summed E-state index contributed by atoms with van der Waals surface area (Å²) in [7, 11) is 0. The Balaban J connectivity index is 1.37. The number of nitrogens with zero attached hydrogens (tertiary/aromatic N) is 4. The summed E-state index contributed by atoms with van der Waals surface area (Å²) in [5, 5.41) is 7.21. The lowest BCUT2D eigenvalue weighted by molar-refractivity contribution is 0.0474. The Kier molecular flexibility index (Phi) is 5.95. The zero-order chi connectivity index (χ0) is 23.8. The fourth-order valence-electron chi connectivity index (χ4n) is 4.98. The number of nitrogen functional groups attached to an aromatic ring is 1. The number of amides is 1. The molecule has 9 heteroatoms. The summed E-state index contributed by atoms with van der Waals surface area (Å²) < 4.78 is 1.64. The smallest absolute Gasteiger partial charge is 0.264 e. The van der Waals surface area contributed by atoms with Crippen LogP contribution in [0.2, 0.25) is 0 Å². The van der Waals surface area contributed by atoms with Gasteiger partial charge in [0.2, 0.25) is 5.95 Å². The number of nitrogens with one attached hydrogen (secondary N) is 2. The van der Waals surface area contributed by atoms with Gasteiger partial charge in [-0.25, -0.2) is 4.98 Å². The van der Waals surface area contributed by atoms with Gasteiger partial charge < -0.3 is 25.8 Å². The molecule has 3 aliphatic heterocycles. The van der Waals surface area contributed by atoms with E-state index in [2.05, 4.69) is 34.4 Å². The number of pyridine rings is 1. The Hall–Kier alpha value is -3.46. The Morgan fingerprint density at radius 3 is 2.59 bits per heavy atom. The van der Waals surface area contributed by atoms with Gasteiger partial charge in [0.15, 0.2) is 0 Å². The number of piperidine rings is 1. The number of anilines is 2. The van der Waals surface area contributed by atoms with E-state index in [0.29, 0.717) is 40.9 Å². The molecule has 6 rings (SSSR count). The van der Waals surface area contributed by atoms with Crippen LogP contribution in [0.4, 0.5) is 11.8 Å². The maximum atomic E-state index is 13.4. The molecule has 1 aromatic carbocycles. The number of hydrogen-bond donors (Lipinski definition) is 3. The van der Waals surface area contributed by atoms with Crippen LogP contribution in [-0.2, 0) is 6.54 Å². The minimum absolute atomic E-state index is 0.0669. The summed E-state index contributed by atoms with van der Waals surface area (Å²) in [6, 6.07) is 10.3. The van der Waals surface area contributed by atoms with Crippen molar-refractivity contribution < 1.29 is 4.79 Å². The largest absolute Gasteiger partial charge is 0.368 e. The maximum Gasteiger partial charge on any atom is 0.264 e. The molecule has 3 aliphatic rings. The monoisotopic (exact) mass is 461 g/mol. The second kappa shape index (κ2) is 9.06. The fourth-order valence-corrected chi connectivity index (χ4v) is 4.98. The number of nitrogens with two attached hydrogens (primary N) is 1. The first-order chi connectivity index (χ1) is 16.4. The van der Waals surface area contributed by atoms with E-state index < -0.39 is 0 Å². The molecular formula is C25H31N7O2. The lowest BCUT2D eigenvalue weighted by atomic mass is 9.91. The molecule has 3 saturated heterocycles. The zero-order valence-corrected chi connectivity index (χ0v) is 19.6. The van der Waals surface area contributed by atoms with Gasteiger partial charge >= 0.3 is 0 Å². The summed E-state index contributed by atoms with van der Waals surface area (Å²) in [5.41, 5.74) is 7.84. The quantitative estimate of drug-likeness (QED) is 0.494. The summed E-state index contributed by atoms with van der Waals surface area (Å²) in [6.07, 6.45) is 4.86. The van der Waals surface area contributed by atoms with Gasteiger partial charge in [-0.05, 0) is 43.5 Å². The van der Waals surface area contributed by atoms with Gasteiger partial charge in [-0.2, -0.15) is 4.98 Å². The van der Waals surface area contributed by atoms with Crippen molar-refractivity contribution in [2.75, 3.05) is 24.1 Å². The first-order valence-electron chi connectivity index (χ1n) is 12.0. The number of benzene rings is 1. The van der Waals surface area contributed by atoms with Crippen molar-refractivity contribution in [3.63, 3.8) is 0 Å². The van der Waals surface area contributed by atoms with E-state index in [9.17, 15) is 9.59 Å². The van der Waals surface area contributed by atoms with Gasteiger partial charge in [0.1, 0.15) is 11.2 Å². The highest BCUT2D eigenvalue weighted by atomic mass is 16.2. The first kappa shape index (κ1) is 22.3. The number of fused-ring (bicyclic) bond motifs is 3. The predicted octanol–water partition coefficient (Wildman–Crippen LogP) is 2.21. The molecule has 3 unspecified atom stereocenters. The lowest BCUT2D eigenvalue weighted by Crippen LogP contribution is -2.67. The topological polar surface area (TPSA) is 118 Å². The van der Waals surface area contributed by atoms with Crippen molar-refractivity contribution in [2.45, 2.75) is 57.8 Å². The highest BCUT2D eigenvalue weighted by Crippen LogP contribution is 2.23. The van der Waals surface area contributed by atoms with E-state index in [1.54, 1.807) is 16.8 Å². The van der Waals surface area contributed by atoms with Crippen LogP contribution in [0.1, 0.15) is 49.0 Å². The molecule has 2 bridgehead atoms. The minimum atomic E-state index is -0.177. The zero-order valence-electron chi connectivity index (χ0n) is 19.6. The molecule has 0 saturated carbocycles. The van der Waals surface area contributed by atoms with Gasteiger partial charge in [-0.3, -0.25) is 9.59 Å². The third-order valence-electron chi connectivity index (χ3n) is 6.71. The molecule has 4 N–H and O–H groups in total. The molecule has 9 nitrogen and oxygen atoms in total. The lowest BCUT2D eigenvalue weighted by Gasteiger charge is -2.48. The standard InChI is InChI=1S/C25H31N7O2/c1-3-4-15(2)27-22-21-20(29-25(26)30-22)9-10-31(24(21)34)12-16-5-7-17(8-6-16)23(33)32-13-18-11-19(14-32)28-18/h5-10,15,18-19,28H,3-4,11-14H2,1-2H3,(H3,26,27,29,30). The Labute approximate surface area is 198 Å². The number of aromatic nitrogens is 3. The van der Waals surface area contributed by atoms with Gasteiger partial charge in [-0.15, -0.1) is 0 Å². The van der Waals surface area contributed by atoms with Gasteiger partial charge in [0.25, 0.3) is 11.5 Å². The van der Waals surface area contributed by atoms with E-state index in [-0.39, 0.29) is 23.5 Å². The number of carbonyl (C=O) groups is 1. The molecule has 1 amide bonds. The van der Waals surface area contributed by atoms with Crippen LogP contribution >= 0.6 is 0 Å². The van der Waals surface area contributed by atoms with Crippen molar-refractivity contribution in [1.82, 2.24) is 24.8 Å². The molecule has 5 heterocycles. The second-order valence-corrected chi connectivity index (χ2v) is 9.48. The maximum absolute atomic E-state index is 13.4. The third-order valence-corrected chi connectivity index (χ3v) is 6.71. The number of carbonyl (C=O) groups excluding carboxylic acids is 1. The molecule has 2 aromatic heterocycles. The van der Waals surface area contributed by atoms with Crippen molar-refractivity contribution in [2.24, 2.45) is 0 Å². The molecule has 0 spiro atoms. The van der Waals surface area contributed by atoms with E-state index in [1.807, 2.05) is 29.2 Å². The second-order valence-electron chi connectivity index (χ2n) is 9.48. The van der Waals surface area contributed by atoms with Gasteiger partial charge in [-0.1, -0.05) is 25.5 Å². The molecule has 0 aliphatic carbocycles. The summed E-state index contributed by atoms with van der Waals surface area (Å²) in [4.78, 5) is 36.7. The summed E-state index contributed by atoms with van der Waals surface area (Å²) >= 11 is 0. The Bertz CT molecular complexity index is 1250. The first-order valence-corrected chi connectivity index (χ1v) is 12.0. The number of piperazine rings is 1. The predicted molar refractivity (Wildman–Crippen MR) is 133 cm³/mol. The SMILES string of the molecule is CCCC(C)Nc1nc(N)nc2ccn(Cc3ccc(C(=O)N4CC5CC(C4)N5)cc3)c(=O)c12. The molecule has 3 atom stereocenters. The molecule has 34 heavy (non-hydrogen) atoms. The minimum Gasteiger partial charge on any atom is -0.368 e. The molecule has 3 aromatic rings.